The van der Waals surface area contributed by atoms with Crippen LogP contribution >= 0.6 is 0 Å². The van der Waals surface area contributed by atoms with Crippen molar-refractivity contribution in [3.8, 4) is 0 Å². The van der Waals surface area contributed by atoms with Gasteiger partial charge in [0.05, 0.1) is 15.9 Å². The molecule has 3 aromatic rings. The van der Waals surface area contributed by atoms with Crippen LogP contribution in [0, 0.1) is 12.7 Å². The van der Waals surface area contributed by atoms with E-state index in [1.165, 1.54) is 12.1 Å². The summed E-state index contributed by atoms with van der Waals surface area (Å²) in [4.78, 5) is 10.7. The van der Waals surface area contributed by atoms with Gasteiger partial charge in [-0.05, 0) is 75.5 Å². The van der Waals surface area contributed by atoms with E-state index in [4.69, 9.17) is 0 Å². The summed E-state index contributed by atoms with van der Waals surface area (Å²) < 4.78 is 41.7. The quantitative estimate of drug-likeness (QED) is 0.629. The second kappa shape index (κ2) is 8.57. The Morgan fingerprint density at radius 3 is 2.69 bits per heavy atom. The van der Waals surface area contributed by atoms with Crippen LogP contribution in [0.4, 0.5) is 4.39 Å². The molecule has 170 valence electrons. The van der Waals surface area contributed by atoms with Crippen molar-refractivity contribution >= 4 is 21.1 Å². The minimum Gasteiger partial charge on any atom is -0.342 e. The molecule has 6 nitrogen and oxygen atoms in total. The Labute approximate surface area is 188 Å². The third-order valence-corrected chi connectivity index (χ3v) is 8.77. The van der Waals surface area contributed by atoms with Crippen LogP contribution in [0.2, 0.25) is 0 Å². The lowest BCUT2D eigenvalue weighted by Crippen LogP contribution is -2.45. The highest BCUT2D eigenvalue weighted by Gasteiger charge is 2.37. The molecule has 2 saturated heterocycles. The number of aryl methyl sites for hydroxylation is 1. The lowest BCUT2D eigenvalue weighted by molar-refractivity contribution is 0.176. The van der Waals surface area contributed by atoms with Crippen LogP contribution in [0.3, 0.4) is 0 Å². The number of fused-ring (bicyclic) bond motifs is 1. The van der Waals surface area contributed by atoms with Gasteiger partial charge in [0.2, 0.25) is 10.0 Å². The van der Waals surface area contributed by atoms with Crippen molar-refractivity contribution in [1.29, 1.82) is 0 Å². The van der Waals surface area contributed by atoms with Gasteiger partial charge in [-0.3, -0.25) is 0 Å². The second-order valence-electron chi connectivity index (χ2n) is 9.09. The van der Waals surface area contributed by atoms with E-state index in [1.54, 1.807) is 22.5 Å². The summed E-state index contributed by atoms with van der Waals surface area (Å²) in [5.41, 5.74) is 2.49. The molecule has 0 bridgehead atoms. The molecular formula is C24H29FN4O2S. The molecule has 2 aliphatic rings. The van der Waals surface area contributed by atoms with Gasteiger partial charge in [-0.25, -0.2) is 17.8 Å². The van der Waals surface area contributed by atoms with E-state index < -0.39 is 10.0 Å². The van der Waals surface area contributed by atoms with E-state index in [2.05, 4.69) is 14.9 Å². The Morgan fingerprint density at radius 1 is 1.09 bits per heavy atom. The van der Waals surface area contributed by atoms with Gasteiger partial charge in [0.25, 0.3) is 0 Å². The summed E-state index contributed by atoms with van der Waals surface area (Å²) in [6.07, 6.45) is 3.72. The molecule has 2 aliphatic heterocycles. The highest BCUT2D eigenvalue weighted by atomic mass is 32.2. The van der Waals surface area contributed by atoms with Crippen molar-refractivity contribution in [3.63, 3.8) is 0 Å². The van der Waals surface area contributed by atoms with Gasteiger partial charge < -0.3 is 9.88 Å². The molecule has 5 rings (SSSR count). The molecule has 2 aromatic carbocycles. The molecule has 0 saturated carbocycles. The van der Waals surface area contributed by atoms with E-state index in [0.29, 0.717) is 22.9 Å². The van der Waals surface area contributed by atoms with Gasteiger partial charge in [0.15, 0.2) is 0 Å². The average molecular weight is 457 g/mol. The van der Waals surface area contributed by atoms with Crippen LogP contribution < -0.4 is 0 Å². The molecule has 2 fully saturated rings. The topological polar surface area (TPSA) is 69.3 Å². The number of aromatic amines is 1. The molecule has 1 N–H and O–H groups in total. The van der Waals surface area contributed by atoms with Crippen molar-refractivity contribution in [2.24, 2.45) is 0 Å². The summed E-state index contributed by atoms with van der Waals surface area (Å²) >= 11 is 0. The number of aromatic nitrogens is 2. The zero-order valence-electron chi connectivity index (χ0n) is 18.3. The maximum atomic E-state index is 13.5. The predicted molar refractivity (Wildman–Crippen MR) is 123 cm³/mol. The second-order valence-corrected chi connectivity index (χ2v) is 11.0. The molecule has 8 heteroatoms. The smallest absolute Gasteiger partial charge is 0.243 e. The number of piperidine rings is 1. The highest BCUT2D eigenvalue weighted by molar-refractivity contribution is 7.89. The Kier molecular flexibility index (Phi) is 5.77. The standard InChI is InChI=1S/C24H29FN4O2S/c1-17-4-2-6-21(14-17)32(30,31)29-11-3-5-20(29)16-28-12-9-18(10-13-28)24-26-22-8-7-19(25)15-23(22)27-24/h2,4,6-8,14-15,18,20H,3,5,9-13,16H2,1H3,(H,26,27). The number of H-pyrrole nitrogens is 1. The Bertz CT molecular complexity index is 1220. The zero-order valence-corrected chi connectivity index (χ0v) is 19.1. The number of likely N-dealkylation sites (tertiary alicyclic amines) is 1. The van der Waals surface area contributed by atoms with Crippen LogP contribution in [0.15, 0.2) is 47.4 Å². The zero-order chi connectivity index (χ0) is 22.3. The van der Waals surface area contributed by atoms with Crippen molar-refractivity contribution in [2.45, 2.75) is 49.5 Å². The number of imidazole rings is 1. The number of hydrogen-bond acceptors (Lipinski definition) is 4. The molecule has 1 unspecified atom stereocenters. The minimum atomic E-state index is -3.47. The van der Waals surface area contributed by atoms with Gasteiger partial charge in [-0.2, -0.15) is 4.31 Å². The molecule has 0 aliphatic carbocycles. The summed E-state index contributed by atoms with van der Waals surface area (Å²) in [5.74, 6) is 0.972. The minimum absolute atomic E-state index is 0.0197. The van der Waals surface area contributed by atoms with Gasteiger partial charge in [0.1, 0.15) is 11.6 Å². The molecule has 1 atom stereocenters. The molecular weight excluding hydrogens is 427 g/mol. The fourth-order valence-corrected chi connectivity index (χ4v) is 6.89. The van der Waals surface area contributed by atoms with Crippen LogP contribution in [0.25, 0.3) is 11.0 Å². The Balaban J connectivity index is 1.23. The van der Waals surface area contributed by atoms with Crippen LogP contribution in [0.1, 0.15) is 43.0 Å². The van der Waals surface area contributed by atoms with Gasteiger partial charge >= 0.3 is 0 Å². The summed E-state index contributed by atoms with van der Waals surface area (Å²) in [6, 6.07) is 11.9. The van der Waals surface area contributed by atoms with E-state index in [9.17, 15) is 12.8 Å². The first kappa shape index (κ1) is 21.6. The lowest BCUT2D eigenvalue weighted by atomic mass is 9.96. The van der Waals surface area contributed by atoms with Gasteiger partial charge in [-0.15, -0.1) is 0 Å². The maximum Gasteiger partial charge on any atom is 0.243 e. The fraction of sp³-hybridized carbons (Fsp3) is 0.458. The number of benzene rings is 2. The lowest BCUT2D eigenvalue weighted by Gasteiger charge is -2.35. The molecule has 32 heavy (non-hydrogen) atoms. The third-order valence-electron chi connectivity index (χ3n) is 6.83. The number of nitrogens with zero attached hydrogens (tertiary/aromatic N) is 3. The van der Waals surface area contributed by atoms with Crippen molar-refractivity contribution in [1.82, 2.24) is 19.2 Å². The summed E-state index contributed by atoms with van der Waals surface area (Å²) in [7, 11) is -3.47. The third kappa shape index (κ3) is 4.19. The summed E-state index contributed by atoms with van der Waals surface area (Å²) in [5, 5.41) is 0. The van der Waals surface area contributed by atoms with E-state index in [1.807, 2.05) is 19.1 Å². The average Bonchev–Trinajstić information content (AvgIpc) is 3.41. The molecule has 1 aromatic heterocycles. The van der Waals surface area contributed by atoms with Crippen LogP contribution in [-0.4, -0.2) is 59.8 Å². The van der Waals surface area contributed by atoms with Gasteiger partial charge in [-0.1, -0.05) is 12.1 Å². The van der Waals surface area contributed by atoms with Crippen LogP contribution in [0.5, 0.6) is 0 Å². The fourth-order valence-electron chi connectivity index (χ4n) is 5.10. The number of nitrogens with one attached hydrogen (secondary N) is 1. The Hall–Kier alpha value is -2.29. The Morgan fingerprint density at radius 2 is 1.91 bits per heavy atom. The predicted octanol–water partition coefficient (Wildman–Crippen LogP) is 4.04. The largest absolute Gasteiger partial charge is 0.342 e. The molecule has 0 radical (unpaired) electrons. The number of sulfonamides is 1. The SMILES string of the molecule is Cc1cccc(S(=O)(=O)N2CCCC2CN2CCC(c3nc4cc(F)ccc4[nH]3)CC2)c1. The van der Waals surface area contributed by atoms with E-state index in [0.717, 1.165) is 62.2 Å². The highest BCUT2D eigenvalue weighted by Crippen LogP contribution is 2.31. The molecule has 0 amide bonds. The van der Waals surface area contributed by atoms with E-state index >= 15 is 0 Å². The van der Waals surface area contributed by atoms with Crippen molar-refractivity contribution in [2.75, 3.05) is 26.2 Å². The van der Waals surface area contributed by atoms with Crippen molar-refractivity contribution < 1.29 is 12.8 Å². The first-order valence-electron chi connectivity index (χ1n) is 11.4. The first-order chi connectivity index (χ1) is 15.4. The van der Waals surface area contributed by atoms with Gasteiger partial charge in [0, 0.05) is 31.1 Å². The normalized spacial score (nSPS) is 21.5. The summed E-state index contributed by atoms with van der Waals surface area (Å²) in [6.45, 7) is 5.09. The monoisotopic (exact) mass is 456 g/mol. The molecule has 3 heterocycles. The van der Waals surface area contributed by atoms with E-state index in [-0.39, 0.29) is 11.9 Å². The van der Waals surface area contributed by atoms with Crippen LogP contribution in [-0.2, 0) is 10.0 Å². The number of rotatable bonds is 5. The first-order valence-corrected chi connectivity index (χ1v) is 12.8. The molecule has 0 spiro atoms. The number of hydrogen-bond donors (Lipinski definition) is 1. The number of halogens is 1. The maximum absolute atomic E-state index is 13.5. The van der Waals surface area contributed by atoms with Crippen molar-refractivity contribution in [3.05, 3.63) is 59.7 Å².